The summed E-state index contributed by atoms with van der Waals surface area (Å²) in [6, 6.07) is 0.0748. The van der Waals surface area contributed by atoms with Gasteiger partial charge >= 0.3 is 6.03 Å². The molecule has 0 aromatic carbocycles. The molecule has 1 atom stereocenters. The van der Waals surface area contributed by atoms with Gasteiger partial charge in [0.25, 0.3) is 0 Å². The molecule has 1 aliphatic rings. The maximum absolute atomic E-state index is 11.4. The zero-order valence-corrected chi connectivity index (χ0v) is 8.50. The molecule has 0 radical (unpaired) electrons. The van der Waals surface area contributed by atoms with Crippen molar-refractivity contribution < 1.29 is 9.90 Å². The number of likely N-dealkylation sites (tertiary alicyclic amines) is 1. The zero-order chi connectivity index (χ0) is 10.1. The summed E-state index contributed by atoms with van der Waals surface area (Å²) in [5, 5.41) is 12.4. The molecular formula is C9H18N2O2. The molecule has 0 spiro atoms. The van der Waals surface area contributed by atoms with Crippen LogP contribution in [0.1, 0.15) is 27.2 Å². The average Bonchev–Trinajstić information content (AvgIpc) is 2.28. The second kappa shape index (κ2) is 3.54. The lowest BCUT2D eigenvalue weighted by Crippen LogP contribution is -2.43. The highest BCUT2D eigenvalue weighted by Gasteiger charge is 2.33. The molecule has 0 aliphatic carbocycles. The molecule has 1 rings (SSSR count). The fraction of sp³-hybridized carbons (Fsp3) is 0.889. The molecule has 2 N–H and O–H groups in total. The third-order valence-corrected chi connectivity index (χ3v) is 2.15. The molecule has 0 aromatic rings. The van der Waals surface area contributed by atoms with Gasteiger partial charge in [-0.15, -0.1) is 0 Å². The van der Waals surface area contributed by atoms with Crippen LogP contribution in [0.4, 0.5) is 4.79 Å². The Morgan fingerprint density at radius 2 is 2.23 bits per heavy atom. The van der Waals surface area contributed by atoms with E-state index in [0.717, 1.165) is 0 Å². The van der Waals surface area contributed by atoms with Gasteiger partial charge in [0.2, 0.25) is 0 Å². The van der Waals surface area contributed by atoms with E-state index in [1.807, 2.05) is 13.8 Å². The first-order valence-electron chi connectivity index (χ1n) is 4.68. The van der Waals surface area contributed by atoms with Crippen molar-refractivity contribution in [2.75, 3.05) is 13.1 Å². The van der Waals surface area contributed by atoms with Crippen molar-refractivity contribution in [3.63, 3.8) is 0 Å². The summed E-state index contributed by atoms with van der Waals surface area (Å²) >= 11 is 0. The number of rotatable bonds is 1. The third-order valence-electron chi connectivity index (χ3n) is 2.15. The van der Waals surface area contributed by atoms with Gasteiger partial charge in [-0.2, -0.15) is 0 Å². The lowest BCUT2D eigenvalue weighted by Gasteiger charge is -2.20. The largest absolute Gasteiger partial charge is 0.388 e. The van der Waals surface area contributed by atoms with E-state index in [4.69, 9.17) is 0 Å². The smallest absolute Gasteiger partial charge is 0.317 e. The summed E-state index contributed by atoms with van der Waals surface area (Å²) in [4.78, 5) is 13.1. The molecule has 0 saturated carbocycles. The van der Waals surface area contributed by atoms with Crippen molar-refractivity contribution in [2.45, 2.75) is 38.8 Å². The number of aliphatic hydroxyl groups is 1. The lowest BCUT2D eigenvalue weighted by atomic mass is 10.1. The van der Waals surface area contributed by atoms with Crippen LogP contribution in [0.25, 0.3) is 0 Å². The molecule has 13 heavy (non-hydrogen) atoms. The van der Waals surface area contributed by atoms with Crippen LogP contribution >= 0.6 is 0 Å². The molecule has 1 fully saturated rings. The molecule has 76 valence electrons. The Hall–Kier alpha value is -0.770. The number of hydrogen-bond donors (Lipinski definition) is 2. The summed E-state index contributed by atoms with van der Waals surface area (Å²) in [6.07, 6.45) is 0.665. The SMILES string of the molecule is CC(C)NC(=O)N1CCC(C)(O)C1. The minimum atomic E-state index is -0.700. The molecule has 1 heterocycles. The molecule has 1 unspecified atom stereocenters. The van der Waals surface area contributed by atoms with E-state index >= 15 is 0 Å². The Bertz CT molecular complexity index is 202. The van der Waals surface area contributed by atoms with Crippen molar-refractivity contribution >= 4 is 6.03 Å². The maximum Gasteiger partial charge on any atom is 0.317 e. The summed E-state index contributed by atoms with van der Waals surface area (Å²) < 4.78 is 0. The number of hydrogen-bond acceptors (Lipinski definition) is 2. The van der Waals surface area contributed by atoms with Gasteiger partial charge < -0.3 is 15.3 Å². The van der Waals surface area contributed by atoms with Gasteiger partial charge in [-0.05, 0) is 27.2 Å². The highest BCUT2D eigenvalue weighted by atomic mass is 16.3. The van der Waals surface area contributed by atoms with Gasteiger partial charge in [0.1, 0.15) is 0 Å². The van der Waals surface area contributed by atoms with Crippen molar-refractivity contribution in [3.05, 3.63) is 0 Å². The fourth-order valence-electron chi connectivity index (χ4n) is 1.46. The van der Waals surface area contributed by atoms with Gasteiger partial charge in [0.05, 0.1) is 12.1 Å². The van der Waals surface area contributed by atoms with Crippen LogP contribution in [-0.4, -0.2) is 40.8 Å². The van der Waals surface area contributed by atoms with Gasteiger partial charge in [0, 0.05) is 12.6 Å². The minimum Gasteiger partial charge on any atom is -0.388 e. The van der Waals surface area contributed by atoms with Crippen LogP contribution in [0.15, 0.2) is 0 Å². The molecule has 2 amide bonds. The quantitative estimate of drug-likeness (QED) is 0.628. The summed E-state index contributed by atoms with van der Waals surface area (Å²) in [5.74, 6) is 0. The minimum absolute atomic E-state index is 0.0761. The standard InChI is InChI=1S/C9H18N2O2/c1-7(2)10-8(12)11-5-4-9(3,13)6-11/h7,13H,4-6H2,1-3H3,(H,10,12). The number of β-amino-alcohol motifs (C(OH)–C–C–N with tert-alkyl or cyclic N) is 1. The first kappa shape index (κ1) is 10.3. The number of amides is 2. The van der Waals surface area contributed by atoms with Crippen molar-refractivity contribution in [1.29, 1.82) is 0 Å². The molecule has 0 aromatic heterocycles. The Morgan fingerprint density at radius 3 is 2.62 bits per heavy atom. The second-order valence-corrected chi connectivity index (χ2v) is 4.27. The summed E-state index contributed by atoms with van der Waals surface area (Å²) in [6.45, 7) is 6.69. The molecule has 4 nitrogen and oxygen atoms in total. The average molecular weight is 186 g/mol. The van der Waals surface area contributed by atoms with Crippen LogP contribution in [0.2, 0.25) is 0 Å². The van der Waals surface area contributed by atoms with Gasteiger partial charge in [0.15, 0.2) is 0 Å². The Morgan fingerprint density at radius 1 is 1.62 bits per heavy atom. The van der Waals surface area contributed by atoms with E-state index in [1.165, 1.54) is 0 Å². The maximum atomic E-state index is 11.4. The predicted molar refractivity (Wildman–Crippen MR) is 50.5 cm³/mol. The first-order chi connectivity index (χ1) is 5.91. The number of nitrogens with one attached hydrogen (secondary N) is 1. The fourth-order valence-corrected chi connectivity index (χ4v) is 1.46. The van der Waals surface area contributed by atoms with Crippen LogP contribution in [0.5, 0.6) is 0 Å². The molecule has 1 aliphatic heterocycles. The Labute approximate surface area is 78.9 Å². The first-order valence-corrected chi connectivity index (χ1v) is 4.68. The van der Waals surface area contributed by atoms with E-state index < -0.39 is 5.60 Å². The van der Waals surface area contributed by atoms with E-state index in [1.54, 1.807) is 11.8 Å². The monoisotopic (exact) mass is 186 g/mol. The highest BCUT2D eigenvalue weighted by Crippen LogP contribution is 2.19. The highest BCUT2D eigenvalue weighted by molar-refractivity contribution is 5.74. The third kappa shape index (κ3) is 2.88. The Kier molecular flexibility index (Phi) is 2.81. The van der Waals surface area contributed by atoms with Crippen LogP contribution in [-0.2, 0) is 0 Å². The number of nitrogens with zero attached hydrogens (tertiary/aromatic N) is 1. The summed E-state index contributed by atoms with van der Waals surface area (Å²) in [5.41, 5.74) is -0.700. The topological polar surface area (TPSA) is 52.6 Å². The molecule has 4 heteroatoms. The molecule has 1 saturated heterocycles. The van der Waals surface area contributed by atoms with E-state index in [2.05, 4.69) is 5.32 Å². The second-order valence-electron chi connectivity index (χ2n) is 4.27. The molecular weight excluding hydrogens is 168 g/mol. The number of carbonyl (C=O) groups is 1. The van der Waals surface area contributed by atoms with Crippen molar-refractivity contribution in [3.8, 4) is 0 Å². The molecule has 0 bridgehead atoms. The van der Waals surface area contributed by atoms with E-state index in [-0.39, 0.29) is 12.1 Å². The van der Waals surface area contributed by atoms with Gasteiger partial charge in [-0.1, -0.05) is 0 Å². The van der Waals surface area contributed by atoms with E-state index in [9.17, 15) is 9.90 Å². The Balaban J connectivity index is 2.42. The van der Waals surface area contributed by atoms with Crippen LogP contribution < -0.4 is 5.32 Å². The van der Waals surface area contributed by atoms with Crippen molar-refractivity contribution in [1.82, 2.24) is 10.2 Å². The lowest BCUT2D eigenvalue weighted by molar-refractivity contribution is 0.0718. The van der Waals surface area contributed by atoms with Crippen molar-refractivity contribution in [2.24, 2.45) is 0 Å². The number of carbonyl (C=O) groups excluding carboxylic acids is 1. The zero-order valence-electron chi connectivity index (χ0n) is 8.50. The predicted octanol–water partition coefficient (Wildman–Crippen LogP) is 0.561. The summed E-state index contributed by atoms with van der Waals surface area (Å²) in [7, 11) is 0. The van der Waals surface area contributed by atoms with Gasteiger partial charge in [-0.3, -0.25) is 0 Å². The van der Waals surface area contributed by atoms with E-state index in [0.29, 0.717) is 19.5 Å². The number of urea groups is 1. The van der Waals surface area contributed by atoms with Crippen LogP contribution in [0, 0.1) is 0 Å². The van der Waals surface area contributed by atoms with Crippen LogP contribution in [0.3, 0.4) is 0 Å². The van der Waals surface area contributed by atoms with Gasteiger partial charge in [-0.25, -0.2) is 4.79 Å². The normalized spacial score (nSPS) is 28.2.